The van der Waals surface area contributed by atoms with Gasteiger partial charge in [-0.25, -0.2) is 8.42 Å². The Bertz CT molecular complexity index is 946. The molecule has 26 heavy (non-hydrogen) atoms. The van der Waals surface area contributed by atoms with E-state index >= 15 is 0 Å². The molecular formula is C17H14BrF2NO4S. The van der Waals surface area contributed by atoms with Gasteiger partial charge in [-0.2, -0.15) is 8.78 Å². The van der Waals surface area contributed by atoms with Crippen LogP contribution in [0.5, 0.6) is 5.75 Å². The van der Waals surface area contributed by atoms with E-state index in [1.807, 2.05) is 0 Å². The summed E-state index contributed by atoms with van der Waals surface area (Å²) in [6.07, 6.45) is 2.61. The second kappa shape index (κ2) is 8.41. The van der Waals surface area contributed by atoms with Gasteiger partial charge in [-0.1, -0.05) is 28.1 Å². The van der Waals surface area contributed by atoms with Gasteiger partial charge in [0.2, 0.25) is 15.7 Å². The van der Waals surface area contributed by atoms with E-state index in [0.717, 1.165) is 16.6 Å². The summed E-state index contributed by atoms with van der Waals surface area (Å²) in [5, 5.41) is 2.30. The minimum absolute atomic E-state index is 0.219. The highest BCUT2D eigenvalue weighted by atomic mass is 79.9. The normalized spacial score (nSPS) is 11.7. The number of methoxy groups -OCH3 is 1. The summed E-state index contributed by atoms with van der Waals surface area (Å²) in [7, 11) is -3.36. The smallest absolute Gasteiger partial charge is 0.341 e. The molecule has 0 saturated heterocycles. The van der Waals surface area contributed by atoms with Crippen LogP contribution in [-0.4, -0.2) is 27.2 Å². The van der Waals surface area contributed by atoms with E-state index < -0.39 is 26.4 Å². The largest absolute Gasteiger partial charge is 0.496 e. The first-order valence-corrected chi connectivity index (χ1v) is 9.53. The molecule has 2 aromatic rings. The number of amides is 1. The average Bonchev–Trinajstić information content (AvgIpc) is 2.60. The van der Waals surface area contributed by atoms with Crippen molar-refractivity contribution in [1.82, 2.24) is 0 Å². The lowest BCUT2D eigenvalue weighted by Crippen LogP contribution is -2.16. The highest BCUT2D eigenvalue weighted by molar-refractivity contribution is 9.10. The van der Waals surface area contributed by atoms with E-state index in [2.05, 4.69) is 21.2 Å². The third kappa shape index (κ3) is 4.67. The van der Waals surface area contributed by atoms with E-state index in [-0.39, 0.29) is 5.69 Å². The Labute approximate surface area is 157 Å². The average molecular weight is 446 g/mol. The van der Waals surface area contributed by atoms with Gasteiger partial charge in [0.1, 0.15) is 5.75 Å². The zero-order valence-electron chi connectivity index (χ0n) is 13.4. The van der Waals surface area contributed by atoms with Crippen molar-refractivity contribution in [1.29, 1.82) is 0 Å². The van der Waals surface area contributed by atoms with Crippen LogP contribution in [-0.2, 0) is 14.6 Å². The molecule has 2 rings (SSSR count). The van der Waals surface area contributed by atoms with Crippen LogP contribution in [0.4, 0.5) is 14.5 Å². The zero-order valence-corrected chi connectivity index (χ0v) is 15.9. The van der Waals surface area contributed by atoms with Crippen LogP contribution in [0.1, 0.15) is 5.56 Å². The lowest BCUT2D eigenvalue weighted by Gasteiger charge is -2.10. The Kier molecular flexibility index (Phi) is 6.49. The quantitative estimate of drug-likeness (QED) is 0.679. The van der Waals surface area contributed by atoms with E-state index in [4.69, 9.17) is 4.74 Å². The molecule has 0 heterocycles. The number of carbonyl (C=O) groups excluding carboxylic acids is 1. The van der Waals surface area contributed by atoms with Gasteiger partial charge in [0.25, 0.3) is 0 Å². The molecule has 1 N–H and O–H groups in total. The zero-order chi connectivity index (χ0) is 19.3. The van der Waals surface area contributed by atoms with Gasteiger partial charge in [-0.05, 0) is 36.4 Å². The molecule has 0 aliphatic heterocycles. The lowest BCUT2D eigenvalue weighted by atomic mass is 10.2. The summed E-state index contributed by atoms with van der Waals surface area (Å²) in [6.45, 7) is 0. The number of hydrogen-bond donors (Lipinski definition) is 1. The van der Waals surface area contributed by atoms with Crippen LogP contribution < -0.4 is 10.1 Å². The second-order valence-electron chi connectivity index (χ2n) is 5.01. The Morgan fingerprint density at radius 2 is 1.92 bits per heavy atom. The number of hydrogen-bond acceptors (Lipinski definition) is 4. The van der Waals surface area contributed by atoms with E-state index in [1.165, 1.54) is 31.4 Å². The molecule has 9 heteroatoms. The maximum Gasteiger partial charge on any atom is 0.341 e. The fourth-order valence-electron chi connectivity index (χ4n) is 2.09. The summed E-state index contributed by atoms with van der Waals surface area (Å²) in [5.74, 6) is -3.73. The van der Waals surface area contributed by atoms with Crippen molar-refractivity contribution >= 4 is 43.4 Å². The Morgan fingerprint density at radius 3 is 2.58 bits per heavy atom. The number of para-hydroxylation sites is 1. The van der Waals surface area contributed by atoms with E-state index in [0.29, 0.717) is 11.3 Å². The van der Waals surface area contributed by atoms with Gasteiger partial charge in [-0.3, -0.25) is 4.79 Å². The summed E-state index contributed by atoms with van der Waals surface area (Å²) in [4.78, 5) is 11.4. The van der Waals surface area contributed by atoms with Crippen LogP contribution in [0.25, 0.3) is 6.08 Å². The second-order valence-corrected chi connectivity index (χ2v) is 7.81. The van der Waals surface area contributed by atoms with Crippen molar-refractivity contribution in [2.45, 2.75) is 10.7 Å². The standard InChI is InChI=1S/C17H14BrF2NO4S/c1-25-14-8-7-12(18)10-11(14)6-9-16(22)21-13-4-2-3-5-15(13)26(23,24)17(19)20/h2-10,17H,1H3,(H,21,22)/b9-6+. The predicted molar refractivity (Wildman–Crippen MR) is 98.0 cm³/mol. The number of carbonyl (C=O) groups is 1. The van der Waals surface area contributed by atoms with Crippen LogP contribution in [0.2, 0.25) is 0 Å². The molecule has 1 amide bonds. The molecule has 0 bridgehead atoms. The molecule has 0 atom stereocenters. The van der Waals surface area contributed by atoms with Crippen molar-refractivity contribution in [3.05, 3.63) is 58.6 Å². The molecule has 0 saturated carbocycles. The summed E-state index contributed by atoms with van der Waals surface area (Å²) in [5.41, 5.74) is 0.383. The van der Waals surface area contributed by atoms with Crippen LogP contribution in [0, 0.1) is 0 Å². The molecular weight excluding hydrogens is 432 g/mol. The minimum atomic E-state index is -4.83. The molecule has 138 valence electrons. The van der Waals surface area contributed by atoms with Gasteiger partial charge < -0.3 is 10.1 Å². The van der Waals surface area contributed by atoms with Crippen molar-refractivity contribution in [2.75, 3.05) is 12.4 Å². The Balaban J connectivity index is 2.26. The third-order valence-corrected chi connectivity index (χ3v) is 5.22. The molecule has 0 fully saturated rings. The molecule has 0 unspecified atom stereocenters. The van der Waals surface area contributed by atoms with Crippen molar-refractivity contribution in [3.8, 4) is 5.75 Å². The van der Waals surface area contributed by atoms with Crippen LogP contribution in [0.15, 0.2) is 57.9 Å². The van der Waals surface area contributed by atoms with E-state index in [1.54, 1.807) is 18.2 Å². The van der Waals surface area contributed by atoms with Gasteiger partial charge >= 0.3 is 5.76 Å². The number of benzene rings is 2. The number of rotatable bonds is 6. The number of sulfone groups is 1. The number of alkyl halides is 2. The van der Waals surface area contributed by atoms with Crippen molar-refractivity contribution in [3.63, 3.8) is 0 Å². The Hall–Kier alpha value is -2.26. The molecule has 0 radical (unpaired) electrons. The topological polar surface area (TPSA) is 72.5 Å². The van der Waals surface area contributed by atoms with E-state index in [9.17, 15) is 22.0 Å². The fraction of sp³-hybridized carbons (Fsp3) is 0.118. The summed E-state index contributed by atoms with van der Waals surface area (Å²) >= 11 is 3.30. The van der Waals surface area contributed by atoms with Gasteiger partial charge in [-0.15, -0.1) is 0 Å². The van der Waals surface area contributed by atoms with Crippen molar-refractivity contribution in [2.24, 2.45) is 0 Å². The first-order chi connectivity index (χ1) is 12.3. The molecule has 0 aliphatic rings. The van der Waals surface area contributed by atoms with Crippen molar-refractivity contribution < 1.29 is 26.7 Å². The molecule has 0 aliphatic carbocycles. The molecule has 0 spiro atoms. The highest BCUT2D eigenvalue weighted by Crippen LogP contribution is 2.27. The Morgan fingerprint density at radius 1 is 1.23 bits per heavy atom. The number of halogens is 3. The van der Waals surface area contributed by atoms with Gasteiger partial charge in [0.15, 0.2) is 0 Å². The number of nitrogens with one attached hydrogen (secondary N) is 1. The maximum atomic E-state index is 12.8. The summed E-state index contributed by atoms with van der Waals surface area (Å²) in [6, 6.07) is 10.2. The van der Waals surface area contributed by atoms with Gasteiger partial charge in [0.05, 0.1) is 17.7 Å². The lowest BCUT2D eigenvalue weighted by molar-refractivity contribution is -0.111. The fourth-order valence-corrected chi connectivity index (χ4v) is 3.35. The molecule has 5 nitrogen and oxygen atoms in total. The molecule has 2 aromatic carbocycles. The van der Waals surface area contributed by atoms with Gasteiger partial charge in [0, 0.05) is 16.1 Å². The SMILES string of the molecule is COc1ccc(Br)cc1/C=C/C(=O)Nc1ccccc1S(=O)(=O)C(F)F. The third-order valence-electron chi connectivity index (χ3n) is 3.29. The monoisotopic (exact) mass is 445 g/mol. The van der Waals surface area contributed by atoms with Crippen LogP contribution in [0.3, 0.4) is 0 Å². The number of anilines is 1. The predicted octanol–water partition coefficient (Wildman–Crippen LogP) is 4.11. The minimum Gasteiger partial charge on any atom is -0.496 e. The van der Waals surface area contributed by atoms with Crippen LogP contribution >= 0.6 is 15.9 Å². The highest BCUT2D eigenvalue weighted by Gasteiger charge is 2.29. The summed E-state index contributed by atoms with van der Waals surface area (Å²) < 4.78 is 54.9. The number of ether oxygens (including phenoxy) is 1. The first-order valence-electron chi connectivity index (χ1n) is 7.19. The molecule has 0 aromatic heterocycles. The maximum absolute atomic E-state index is 12.8. The first kappa shape index (κ1) is 20.1.